The molecule has 4 nitrogen and oxygen atoms in total. The Kier molecular flexibility index (Phi) is 2.80. The highest BCUT2D eigenvalue weighted by Crippen LogP contribution is 2.21. The van der Waals surface area contributed by atoms with E-state index in [0.29, 0.717) is 6.42 Å². The van der Waals surface area contributed by atoms with E-state index in [1.807, 2.05) is 24.4 Å². The molecular weight excluding hydrogens is 246 g/mol. The maximum Gasteiger partial charge on any atom is 0.241 e. The minimum Gasteiger partial charge on any atom is -0.361 e. The lowest BCUT2D eigenvalue weighted by Gasteiger charge is -2.11. The van der Waals surface area contributed by atoms with E-state index >= 15 is 0 Å². The van der Waals surface area contributed by atoms with Crippen molar-refractivity contribution < 1.29 is 4.79 Å². The molecule has 0 saturated carbocycles. The molecule has 1 aliphatic heterocycles. The maximum absolute atomic E-state index is 12.0. The predicted molar refractivity (Wildman–Crippen MR) is 74.5 cm³/mol. The summed E-state index contributed by atoms with van der Waals surface area (Å²) in [5.41, 5.74) is 2.08. The standard InChI is InChI=1S/C13H15N3OS/c1-16-12(17)11(15-13(16)18)6-8-7-14-10-5-3-2-4-9(8)10/h2-5,7,11,13-15,18H,6H2,1H3. The number of aromatic amines is 1. The summed E-state index contributed by atoms with van der Waals surface area (Å²) in [6.07, 6.45) is 2.66. The lowest BCUT2D eigenvalue weighted by molar-refractivity contribution is -0.128. The lowest BCUT2D eigenvalue weighted by Crippen LogP contribution is -2.31. The number of hydrogen-bond donors (Lipinski definition) is 3. The molecule has 0 spiro atoms. The summed E-state index contributed by atoms with van der Waals surface area (Å²) in [6, 6.07) is 7.94. The van der Waals surface area contributed by atoms with E-state index in [1.54, 1.807) is 11.9 Å². The average molecular weight is 261 g/mol. The van der Waals surface area contributed by atoms with Crippen LogP contribution in [0.3, 0.4) is 0 Å². The number of hydrogen-bond acceptors (Lipinski definition) is 3. The molecule has 18 heavy (non-hydrogen) atoms. The van der Waals surface area contributed by atoms with Crippen molar-refractivity contribution in [1.82, 2.24) is 15.2 Å². The van der Waals surface area contributed by atoms with Crippen LogP contribution in [-0.4, -0.2) is 34.4 Å². The van der Waals surface area contributed by atoms with Crippen LogP contribution in [0, 0.1) is 0 Å². The van der Waals surface area contributed by atoms with Gasteiger partial charge >= 0.3 is 0 Å². The Morgan fingerprint density at radius 1 is 1.39 bits per heavy atom. The summed E-state index contributed by atoms with van der Waals surface area (Å²) >= 11 is 4.32. The zero-order valence-electron chi connectivity index (χ0n) is 10.1. The normalized spacial score (nSPS) is 24.1. The highest BCUT2D eigenvalue weighted by molar-refractivity contribution is 7.80. The van der Waals surface area contributed by atoms with Crippen LogP contribution >= 0.6 is 12.6 Å². The molecule has 2 atom stereocenters. The van der Waals surface area contributed by atoms with Crippen molar-refractivity contribution in [2.45, 2.75) is 18.0 Å². The number of carbonyl (C=O) groups is 1. The van der Waals surface area contributed by atoms with Gasteiger partial charge in [-0.15, -0.1) is 12.6 Å². The summed E-state index contributed by atoms with van der Waals surface area (Å²) in [4.78, 5) is 16.8. The maximum atomic E-state index is 12.0. The van der Waals surface area contributed by atoms with Gasteiger partial charge in [0.05, 0.1) is 6.04 Å². The molecule has 2 aromatic rings. The summed E-state index contributed by atoms with van der Waals surface area (Å²) in [6.45, 7) is 0. The number of thiol groups is 1. The van der Waals surface area contributed by atoms with Gasteiger partial charge < -0.3 is 9.88 Å². The largest absolute Gasteiger partial charge is 0.361 e. The van der Waals surface area contributed by atoms with Gasteiger partial charge in [-0.1, -0.05) is 18.2 Å². The van der Waals surface area contributed by atoms with Crippen LogP contribution in [0.1, 0.15) is 5.56 Å². The van der Waals surface area contributed by atoms with Gasteiger partial charge in [-0.2, -0.15) is 0 Å². The van der Waals surface area contributed by atoms with Crippen LogP contribution in [0.25, 0.3) is 10.9 Å². The number of aromatic nitrogens is 1. The molecule has 0 bridgehead atoms. The fraction of sp³-hybridized carbons (Fsp3) is 0.308. The Morgan fingerprint density at radius 3 is 2.89 bits per heavy atom. The van der Waals surface area contributed by atoms with E-state index in [1.165, 1.54) is 5.39 Å². The molecular formula is C13H15N3OS. The Hall–Kier alpha value is -1.46. The van der Waals surface area contributed by atoms with Crippen molar-refractivity contribution in [3.05, 3.63) is 36.0 Å². The van der Waals surface area contributed by atoms with Crippen LogP contribution in [-0.2, 0) is 11.2 Å². The van der Waals surface area contributed by atoms with Crippen LogP contribution in [0.5, 0.6) is 0 Å². The Labute approximate surface area is 111 Å². The summed E-state index contributed by atoms with van der Waals surface area (Å²) < 4.78 is 0. The van der Waals surface area contributed by atoms with Crippen LogP contribution in [0.2, 0.25) is 0 Å². The topological polar surface area (TPSA) is 48.1 Å². The Balaban J connectivity index is 1.87. The molecule has 94 valence electrons. The minimum absolute atomic E-state index is 0.0975. The molecule has 1 fully saturated rings. The SMILES string of the molecule is CN1C(=O)C(Cc2c[nH]c3ccccc23)NC1S. The van der Waals surface area contributed by atoms with Crippen LogP contribution < -0.4 is 5.32 Å². The number of H-pyrrole nitrogens is 1. The quantitative estimate of drug-likeness (QED) is 0.715. The van der Waals surface area contributed by atoms with Crippen molar-refractivity contribution >= 4 is 29.4 Å². The number of rotatable bonds is 2. The Bertz CT molecular complexity index is 595. The number of fused-ring (bicyclic) bond motifs is 1. The van der Waals surface area contributed by atoms with E-state index < -0.39 is 0 Å². The monoisotopic (exact) mass is 261 g/mol. The number of para-hydroxylation sites is 1. The molecule has 2 N–H and O–H groups in total. The van der Waals surface area contributed by atoms with Gasteiger partial charge in [-0.05, 0) is 18.1 Å². The first-order valence-corrected chi connectivity index (χ1v) is 6.44. The molecule has 1 saturated heterocycles. The number of nitrogens with one attached hydrogen (secondary N) is 2. The van der Waals surface area contributed by atoms with Crippen molar-refractivity contribution in [3.63, 3.8) is 0 Å². The molecule has 0 aliphatic carbocycles. The first kappa shape index (κ1) is 11.6. The molecule has 1 amide bonds. The molecule has 1 aliphatic rings. The van der Waals surface area contributed by atoms with E-state index in [4.69, 9.17) is 0 Å². The fourth-order valence-electron chi connectivity index (χ4n) is 2.40. The van der Waals surface area contributed by atoms with Gasteiger partial charge in [0.2, 0.25) is 5.91 Å². The number of benzene rings is 1. The van der Waals surface area contributed by atoms with E-state index in [0.717, 1.165) is 11.1 Å². The number of amides is 1. The number of carbonyl (C=O) groups excluding carboxylic acids is 1. The molecule has 3 rings (SSSR count). The third-order valence-corrected chi connectivity index (χ3v) is 3.96. The van der Waals surface area contributed by atoms with Crippen molar-refractivity contribution in [2.75, 3.05) is 7.05 Å². The molecule has 5 heteroatoms. The van der Waals surface area contributed by atoms with Crippen molar-refractivity contribution in [2.24, 2.45) is 0 Å². The predicted octanol–water partition coefficient (Wildman–Crippen LogP) is 1.35. The lowest BCUT2D eigenvalue weighted by atomic mass is 10.1. The molecule has 1 aromatic carbocycles. The van der Waals surface area contributed by atoms with Gasteiger partial charge in [0, 0.05) is 24.1 Å². The molecule has 2 unspecified atom stereocenters. The second kappa shape index (κ2) is 4.33. The minimum atomic E-state index is -0.187. The van der Waals surface area contributed by atoms with Crippen LogP contribution in [0.4, 0.5) is 0 Å². The van der Waals surface area contributed by atoms with Crippen molar-refractivity contribution in [1.29, 1.82) is 0 Å². The number of likely N-dealkylation sites (N-methyl/N-ethyl adjacent to an activating group) is 1. The summed E-state index contributed by atoms with van der Waals surface area (Å²) in [7, 11) is 1.77. The average Bonchev–Trinajstić information content (AvgIpc) is 2.89. The van der Waals surface area contributed by atoms with E-state index in [-0.39, 0.29) is 17.4 Å². The second-order valence-electron chi connectivity index (χ2n) is 4.61. The molecule has 1 aromatic heterocycles. The third kappa shape index (κ3) is 1.79. The number of nitrogens with zero attached hydrogens (tertiary/aromatic N) is 1. The smallest absolute Gasteiger partial charge is 0.241 e. The van der Waals surface area contributed by atoms with Crippen LogP contribution in [0.15, 0.2) is 30.5 Å². The highest BCUT2D eigenvalue weighted by Gasteiger charge is 2.34. The first-order chi connectivity index (χ1) is 8.66. The first-order valence-electron chi connectivity index (χ1n) is 5.92. The van der Waals surface area contributed by atoms with Crippen molar-refractivity contribution in [3.8, 4) is 0 Å². The van der Waals surface area contributed by atoms with Gasteiger partial charge in [0.25, 0.3) is 0 Å². The van der Waals surface area contributed by atoms with Gasteiger partial charge in [0.15, 0.2) is 0 Å². The molecule has 2 heterocycles. The van der Waals surface area contributed by atoms with E-state index in [2.05, 4.69) is 29.0 Å². The molecule has 0 radical (unpaired) electrons. The van der Waals surface area contributed by atoms with Gasteiger partial charge in [-0.3, -0.25) is 10.1 Å². The zero-order chi connectivity index (χ0) is 12.7. The second-order valence-corrected chi connectivity index (χ2v) is 5.09. The highest BCUT2D eigenvalue weighted by atomic mass is 32.1. The summed E-state index contributed by atoms with van der Waals surface area (Å²) in [5.74, 6) is 0.0975. The van der Waals surface area contributed by atoms with Gasteiger partial charge in [-0.25, -0.2) is 0 Å². The van der Waals surface area contributed by atoms with E-state index in [9.17, 15) is 4.79 Å². The Morgan fingerprint density at radius 2 is 2.17 bits per heavy atom. The van der Waals surface area contributed by atoms with Gasteiger partial charge in [0.1, 0.15) is 5.50 Å². The fourth-order valence-corrected chi connectivity index (χ4v) is 2.69. The zero-order valence-corrected chi connectivity index (χ0v) is 10.9. The third-order valence-electron chi connectivity index (χ3n) is 3.46. The summed E-state index contributed by atoms with van der Waals surface area (Å²) in [5, 5.41) is 4.36.